The van der Waals surface area contributed by atoms with Crippen molar-refractivity contribution < 1.29 is 4.84 Å². The van der Waals surface area contributed by atoms with E-state index < -0.39 is 0 Å². The Hall–Kier alpha value is -0.860. The van der Waals surface area contributed by atoms with Crippen LogP contribution < -0.4 is 0 Å². The first-order valence-corrected chi connectivity index (χ1v) is 7.11. The van der Waals surface area contributed by atoms with Crippen molar-refractivity contribution in [2.75, 3.05) is 6.61 Å². The molecule has 0 amide bonds. The second-order valence-corrected chi connectivity index (χ2v) is 6.87. The summed E-state index contributed by atoms with van der Waals surface area (Å²) in [5.41, 5.74) is 2.17. The first kappa shape index (κ1) is 11.0. The molecule has 1 aromatic rings. The van der Waals surface area contributed by atoms with Gasteiger partial charge in [-0.05, 0) is 44.6 Å². The molecular weight excluding hydrogens is 222 g/mol. The minimum atomic E-state index is 0.234. The lowest BCUT2D eigenvalue weighted by Gasteiger charge is -2.29. The minimum Gasteiger partial charge on any atom is -0.298 e. The van der Waals surface area contributed by atoms with Gasteiger partial charge in [0.1, 0.15) is 0 Å². The van der Waals surface area contributed by atoms with Crippen LogP contribution in [0.1, 0.15) is 44.6 Å². The zero-order chi connectivity index (χ0) is 12.4. The van der Waals surface area contributed by atoms with Gasteiger partial charge in [-0.1, -0.05) is 30.3 Å². The van der Waals surface area contributed by atoms with Crippen molar-refractivity contribution in [2.45, 2.75) is 50.6 Å². The lowest BCUT2D eigenvalue weighted by atomic mass is 9.91. The number of hydrogen-bond donors (Lipinski definition) is 0. The monoisotopic (exact) mass is 243 g/mol. The molecule has 18 heavy (non-hydrogen) atoms. The lowest BCUT2D eigenvalue weighted by Crippen LogP contribution is -2.39. The average Bonchev–Trinajstić information content (AvgIpc) is 2.84. The average molecular weight is 243 g/mol. The Balaban J connectivity index is 1.62. The second kappa shape index (κ2) is 3.37. The third-order valence-electron chi connectivity index (χ3n) is 5.37. The lowest BCUT2D eigenvalue weighted by molar-refractivity contribution is -0.170. The Labute approximate surface area is 109 Å². The van der Waals surface area contributed by atoms with Crippen molar-refractivity contribution in [3.8, 4) is 0 Å². The highest BCUT2D eigenvalue weighted by Gasteiger charge is 2.68. The molecule has 2 heteroatoms. The van der Waals surface area contributed by atoms with Gasteiger partial charge in [-0.15, -0.1) is 0 Å². The van der Waals surface area contributed by atoms with E-state index in [1.54, 1.807) is 0 Å². The molecule has 3 atom stereocenters. The number of rotatable bonds is 1. The van der Waals surface area contributed by atoms with Crippen LogP contribution in [-0.2, 0) is 4.84 Å². The molecule has 1 spiro atoms. The van der Waals surface area contributed by atoms with Crippen molar-refractivity contribution in [2.24, 2.45) is 5.41 Å². The van der Waals surface area contributed by atoms with Crippen molar-refractivity contribution in [1.82, 2.24) is 5.06 Å². The van der Waals surface area contributed by atoms with E-state index in [1.165, 1.54) is 24.8 Å². The normalized spacial score (nSPS) is 41.2. The Bertz CT molecular complexity index is 469. The fourth-order valence-electron chi connectivity index (χ4n) is 4.19. The molecule has 1 aliphatic carbocycles. The van der Waals surface area contributed by atoms with Crippen LogP contribution in [-0.4, -0.2) is 23.3 Å². The predicted octanol–water partition coefficient (Wildman–Crippen LogP) is 3.35. The first-order valence-electron chi connectivity index (χ1n) is 7.11. The summed E-state index contributed by atoms with van der Waals surface area (Å²) >= 11 is 0. The molecule has 0 unspecified atom stereocenters. The number of nitrogens with zero attached hydrogens (tertiary/aromatic N) is 1. The molecule has 4 rings (SSSR count). The van der Waals surface area contributed by atoms with Gasteiger partial charge in [0, 0.05) is 17.0 Å². The maximum absolute atomic E-state index is 6.05. The molecular formula is C16H21NO. The molecule has 2 saturated heterocycles. The first-order chi connectivity index (χ1) is 8.63. The molecule has 2 aliphatic heterocycles. The Morgan fingerprint density at radius 3 is 2.78 bits per heavy atom. The van der Waals surface area contributed by atoms with Gasteiger partial charge in [0.25, 0.3) is 0 Å². The van der Waals surface area contributed by atoms with Gasteiger partial charge in [0.05, 0.1) is 6.61 Å². The smallest absolute Gasteiger partial charge is 0.0763 e. The molecule has 1 saturated carbocycles. The zero-order valence-corrected chi connectivity index (χ0v) is 11.2. The number of benzene rings is 1. The van der Waals surface area contributed by atoms with Crippen LogP contribution in [0, 0.1) is 5.41 Å². The summed E-state index contributed by atoms with van der Waals surface area (Å²) < 4.78 is 0. The van der Waals surface area contributed by atoms with Gasteiger partial charge < -0.3 is 0 Å². The highest BCUT2D eigenvalue weighted by molar-refractivity contribution is 5.33. The quantitative estimate of drug-likeness (QED) is 0.750. The molecule has 0 aromatic heterocycles. The molecule has 2 heterocycles. The zero-order valence-electron chi connectivity index (χ0n) is 11.2. The highest BCUT2D eigenvalue weighted by atomic mass is 16.7. The summed E-state index contributed by atoms with van der Waals surface area (Å²) in [5, 5.41) is 2.32. The molecule has 0 bridgehead atoms. The minimum absolute atomic E-state index is 0.234. The van der Waals surface area contributed by atoms with E-state index in [0.717, 1.165) is 12.5 Å². The Kier molecular flexibility index (Phi) is 2.06. The van der Waals surface area contributed by atoms with Crippen LogP contribution in [0.25, 0.3) is 0 Å². The van der Waals surface area contributed by atoms with Crippen molar-refractivity contribution in [3.63, 3.8) is 0 Å². The van der Waals surface area contributed by atoms with E-state index in [-0.39, 0.29) is 5.54 Å². The van der Waals surface area contributed by atoms with E-state index in [0.29, 0.717) is 11.5 Å². The van der Waals surface area contributed by atoms with Gasteiger partial charge >= 0.3 is 0 Å². The van der Waals surface area contributed by atoms with Crippen LogP contribution in [0.3, 0.4) is 0 Å². The molecule has 2 nitrogen and oxygen atoms in total. The number of fused-ring (bicyclic) bond motifs is 2. The van der Waals surface area contributed by atoms with Crippen molar-refractivity contribution in [3.05, 3.63) is 35.9 Å². The van der Waals surface area contributed by atoms with Crippen molar-refractivity contribution in [1.29, 1.82) is 0 Å². The standard InChI is InChI=1S/C16H21NO/c1-15(2)9-8-14-16(11-18-17(14)15)10-13(16)12-6-4-3-5-7-12/h3-7,13-14H,8-11H2,1-2H3/t13-,14-,16-/m0/s1. The van der Waals surface area contributed by atoms with E-state index in [2.05, 4.69) is 49.2 Å². The Morgan fingerprint density at radius 1 is 1.22 bits per heavy atom. The second-order valence-electron chi connectivity index (χ2n) is 6.87. The molecule has 0 radical (unpaired) electrons. The summed E-state index contributed by atoms with van der Waals surface area (Å²) in [5.74, 6) is 0.725. The Morgan fingerprint density at radius 2 is 2.00 bits per heavy atom. The van der Waals surface area contributed by atoms with E-state index in [4.69, 9.17) is 4.84 Å². The number of hydrogen-bond acceptors (Lipinski definition) is 2. The molecule has 1 aromatic carbocycles. The van der Waals surface area contributed by atoms with Gasteiger partial charge in [-0.2, -0.15) is 5.06 Å². The van der Waals surface area contributed by atoms with Crippen LogP contribution in [0.4, 0.5) is 0 Å². The van der Waals surface area contributed by atoms with Crippen LogP contribution >= 0.6 is 0 Å². The van der Waals surface area contributed by atoms with Gasteiger partial charge in [-0.3, -0.25) is 4.84 Å². The fourth-order valence-corrected chi connectivity index (χ4v) is 4.19. The predicted molar refractivity (Wildman–Crippen MR) is 71.1 cm³/mol. The molecule has 3 fully saturated rings. The van der Waals surface area contributed by atoms with Crippen LogP contribution in [0.15, 0.2) is 30.3 Å². The van der Waals surface area contributed by atoms with E-state index >= 15 is 0 Å². The molecule has 3 aliphatic rings. The summed E-state index contributed by atoms with van der Waals surface area (Å²) in [7, 11) is 0. The maximum atomic E-state index is 6.05. The molecule has 96 valence electrons. The highest BCUT2D eigenvalue weighted by Crippen LogP contribution is 2.68. The fraction of sp³-hybridized carbons (Fsp3) is 0.625. The van der Waals surface area contributed by atoms with E-state index in [9.17, 15) is 0 Å². The largest absolute Gasteiger partial charge is 0.298 e. The molecule has 0 N–H and O–H groups in total. The van der Waals surface area contributed by atoms with Crippen LogP contribution in [0.5, 0.6) is 0 Å². The van der Waals surface area contributed by atoms with Crippen LogP contribution in [0.2, 0.25) is 0 Å². The summed E-state index contributed by atoms with van der Waals surface area (Å²) in [6, 6.07) is 11.6. The van der Waals surface area contributed by atoms with E-state index in [1.807, 2.05) is 0 Å². The number of hydroxylamine groups is 2. The summed E-state index contributed by atoms with van der Waals surface area (Å²) in [6.45, 7) is 5.55. The van der Waals surface area contributed by atoms with Gasteiger partial charge in [-0.25, -0.2) is 0 Å². The van der Waals surface area contributed by atoms with Crippen molar-refractivity contribution >= 4 is 0 Å². The summed E-state index contributed by atoms with van der Waals surface area (Å²) in [4.78, 5) is 6.05. The SMILES string of the molecule is CC1(C)CC[C@@H]2N1OC[C@]21C[C@H]1c1ccccc1. The topological polar surface area (TPSA) is 12.5 Å². The maximum Gasteiger partial charge on any atom is 0.0763 e. The van der Waals surface area contributed by atoms with Gasteiger partial charge in [0.2, 0.25) is 0 Å². The van der Waals surface area contributed by atoms with Gasteiger partial charge in [0.15, 0.2) is 0 Å². The third-order valence-corrected chi connectivity index (χ3v) is 5.37. The summed E-state index contributed by atoms with van der Waals surface area (Å²) in [6.07, 6.45) is 3.88. The third kappa shape index (κ3) is 1.31.